The third-order valence-corrected chi connectivity index (χ3v) is 4.73. The predicted octanol–water partition coefficient (Wildman–Crippen LogP) is 4.67. The smallest absolute Gasteiger partial charge is 0.147 e. The van der Waals surface area contributed by atoms with Crippen LogP contribution in [-0.4, -0.2) is 15.2 Å². The molecule has 4 nitrogen and oxygen atoms in total. The number of rotatable bonds is 4. The van der Waals surface area contributed by atoms with Gasteiger partial charge in [0.05, 0.1) is 12.1 Å². The van der Waals surface area contributed by atoms with Gasteiger partial charge in [0.15, 0.2) is 0 Å². The Morgan fingerprint density at radius 1 is 0.958 bits per heavy atom. The van der Waals surface area contributed by atoms with Gasteiger partial charge in [-0.2, -0.15) is 0 Å². The molecular formula is C19H16N4S. The molecule has 1 N–H and O–H groups in total. The van der Waals surface area contributed by atoms with Crippen LogP contribution < -0.4 is 5.32 Å². The van der Waals surface area contributed by atoms with E-state index in [0.29, 0.717) is 6.54 Å². The number of para-hydroxylation sites is 1. The van der Waals surface area contributed by atoms with Gasteiger partial charge in [-0.25, -0.2) is 0 Å². The number of aryl methyl sites for hydroxylation is 1. The highest BCUT2D eigenvalue weighted by molar-refractivity contribution is 7.14. The molecule has 0 amide bonds. The third kappa shape index (κ3) is 2.98. The van der Waals surface area contributed by atoms with Crippen molar-refractivity contribution < 1.29 is 0 Å². The molecular weight excluding hydrogens is 316 g/mol. The van der Waals surface area contributed by atoms with E-state index in [1.165, 1.54) is 0 Å². The first-order valence-corrected chi connectivity index (χ1v) is 8.59. The topological polar surface area (TPSA) is 50.7 Å². The van der Waals surface area contributed by atoms with Crippen molar-refractivity contribution in [1.29, 1.82) is 0 Å². The summed E-state index contributed by atoms with van der Waals surface area (Å²) in [5, 5.41) is 15.1. The Morgan fingerprint density at radius 2 is 1.75 bits per heavy atom. The van der Waals surface area contributed by atoms with Crippen LogP contribution in [-0.2, 0) is 6.54 Å². The molecule has 4 aromatic rings. The van der Waals surface area contributed by atoms with Crippen LogP contribution in [0.4, 0.5) is 5.69 Å². The fourth-order valence-electron chi connectivity index (χ4n) is 2.65. The highest BCUT2D eigenvalue weighted by Gasteiger charge is 2.08. The molecule has 5 heteroatoms. The van der Waals surface area contributed by atoms with Gasteiger partial charge in [0.25, 0.3) is 0 Å². The molecule has 24 heavy (non-hydrogen) atoms. The first-order chi connectivity index (χ1) is 11.8. The number of pyridine rings is 1. The molecule has 0 spiro atoms. The third-order valence-electron chi connectivity index (χ3n) is 3.76. The zero-order chi connectivity index (χ0) is 16.4. The predicted molar refractivity (Wildman–Crippen MR) is 99.2 cm³/mol. The van der Waals surface area contributed by atoms with E-state index in [1.807, 2.05) is 43.3 Å². The Hall–Kier alpha value is -2.79. The van der Waals surface area contributed by atoms with E-state index in [-0.39, 0.29) is 0 Å². The fraction of sp³-hybridized carbons (Fsp3) is 0.105. The minimum Gasteiger partial charge on any atom is -0.378 e. The molecule has 4 rings (SSSR count). The van der Waals surface area contributed by atoms with Gasteiger partial charge in [0.2, 0.25) is 0 Å². The highest BCUT2D eigenvalue weighted by atomic mass is 32.1. The van der Waals surface area contributed by atoms with Gasteiger partial charge < -0.3 is 5.32 Å². The van der Waals surface area contributed by atoms with Crippen molar-refractivity contribution in [2.24, 2.45) is 0 Å². The number of benzene rings is 2. The normalized spacial score (nSPS) is 10.9. The first kappa shape index (κ1) is 14.8. The molecule has 0 saturated carbocycles. The van der Waals surface area contributed by atoms with Crippen LogP contribution in [0.15, 0.2) is 60.7 Å². The highest BCUT2D eigenvalue weighted by Crippen LogP contribution is 2.26. The van der Waals surface area contributed by atoms with Crippen molar-refractivity contribution in [1.82, 2.24) is 15.2 Å². The lowest BCUT2D eigenvalue weighted by atomic mass is 10.1. The Balaban J connectivity index is 1.57. The number of anilines is 1. The van der Waals surface area contributed by atoms with Crippen molar-refractivity contribution >= 4 is 27.9 Å². The molecule has 2 aromatic heterocycles. The minimum atomic E-state index is 0.651. The summed E-state index contributed by atoms with van der Waals surface area (Å²) in [4.78, 5) is 4.57. The van der Waals surface area contributed by atoms with E-state index < -0.39 is 0 Å². The summed E-state index contributed by atoms with van der Waals surface area (Å²) < 4.78 is 0. The molecule has 0 radical (unpaired) electrons. The van der Waals surface area contributed by atoms with Crippen LogP contribution in [0.25, 0.3) is 21.5 Å². The lowest BCUT2D eigenvalue weighted by molar-refractivity contribution is 0.993. The number of hydrogen-bond donors (Lipinski definition) is 1. The number of nitrogens with zero attached hydrogens (tertiary/aromatic N) is 3. The number of fused-ring (bicyclic) bond motifs is 1. The second-order valence-electron chi connectivity index (χ2n) is 5.55. The Labute approximate surface area is 144 Å². The van der Waals surface area contributed by atoms with Crippen LogP contribution in [0.3, 0.4) is 0 Å². The van der Waals surface area contributed by atoms with Crippen LogP contribution in [0.2, 0.25) is 0 Å². The summed E-state index contributed by atoms with van der Waals surface area (Å²) in [7, 11) is 0. The van der Waals surface area contributed by atoms with E-state index in [9.17, 15) is 0 Å². The number of hydrogen-bond acceptors (Lipinski definition) is 5. The maximum atomic E-state index is 4.57. The van der Waals surface area contributed by atoms with E-state index in [1.54, 1.807) is 11.3 Å². The van der Waals surface area contributed by atoms with E-state index >= 15 is 0 Å². The van der Waals surface area contributed by atoms with Crippen molar-refractivity contribution in [3.05, 3.63) is 71.4 Å². The Kier molecular flexibility index (Phi) is 3.92. The van der Waals surface area contributed by atoms with Crippen LogP contribution in [0, 0.1) is 6.92 Å². The van der Waals surface area contributed by atoms with Gasteiger partial charge in [-0.1, -0.05) is 59.9 Å². The van der Waals surface area contributed by atoms with Crippen LogP contribution in [0.1, 0.15) is 10.7 Å². The van der Waals surface area contributed by atoms with Gasteiger partial charge >= 0.3 is 0 Å². The summed E-state index contributed by atoms with van der Waals surface area (Å²) in [6, 6.07) is 20.4. The zero-order valence-electron chi connectivity index (χ0n) is 13.2. The molecule has 0 saturated heterocycles. The Morgan fingerprint density at radius 3 is 2.62 bits per heavy atom. The van der Waals surface area contributed by atoms with Crippen molar-refractivity contribution in [2.75, 3.05) is 5.32 Å². The average molecular weight is 332 g/mol. The molecule has 0 unspecified atom stereocenters. The van der Waals surface area contributed by atoms with Crippen LogP contribution in [0.5, 0.6) is 0 Å². The molecule has 0 atom stereocenters. The van der Waals surface area contributed by atoms with E-state index in [4.69, 9.17) is 0 Å². The maximum absolute atomic E-state index is 4.57. The van der Waals surface area contributed by atoms with E-state index in [0.717, 1.165) is 37.9 Å². The van der Waals surface area contributed by atoms with Crippen molar-refractivity contribution in [3.8, 4) is 10.6 Å². The first-order valence-electron chi connectivity index (χ1n) is 7.78. The maximum Gasteiger partial charge on any atom is 0.147 e. The van der Waals surface area contributed by atoms with Gasteiger partial charge in [0, 0.05) is 22.3 Å². The molecule has 2 aromatic carbocycles. The van der Waals surface area contributed by atoms with Gasteiger partial charge in [-0.15, -0.1) is 10.2 Å². The van der Waals surface area contributed by atoms with Gasteiger partial charge in [-0.05, 0) is 19.1 Å². The van der Waals surface area contributed by atoms with Gasteiger partial charge in [-0.3, -0.25) is 4.98 Å². The van der Waals surface area contributed by atoms with Gasteiger partial charge in [0.1, 0.15) is 10.0 Å². The molecule has 0 bridgehead atoms. The summed E-state index contributed by atoms with van der Waals surface area (Å²) in [6.45, 7) is 2.66. The lowest BCUT2D eigenvalue weighted by Crippen LogP contribution is -2.01. The minimum absolute atomic E-state index is 0.651. The molecule has 0 aliphatic heterocycles. The Bertz CT molecular complexity index is 979. The summed E-state index contributed by atoms with van der Waals surface area (Å²) >= 11 is 1.61. The number of aromatic nitrogens is 3. The molecule has 2 heterocycles. The summed E-state index contributed by atoms with van der Waals surface area (Å²) in [6.07, 6.45) is 0. The lowest BCUT2D eigenvalue weighted by Gasteiger charge is -2.09. The number of nitrogens with one attached hydrogen (secondary N) is 1. The standard InChI is InChI=1S/C19H16N4S/c1-13-11-17(15-9-5-6-10-16(15)21-13)20-12-18-22-23-19(24-18)14-7-3-2-4-8-14/h2-11H,12H2,1H3,(H,20,21). The molecule has 0 aliphatic carbocycles. The monoisotopic (exact) mass is 332 g/mol. The van der Waals surface area contributed by atoms with Crippen LogP contribution >= 0.6 is 11.3 Å². The average Bonchev–Trinajstić information content (AvgIpc) is 3.09. The van der Waals surface area contributed by atoms with Crippen molar-refractivity contribution in [2.45, 2.75) is 13.5 Å². The summed E-state index contributed by atoms with van der Waals surface area (Å²) in [5.74, 6) is 0. The quantitative estimate of drug-likeness (QED) is 0.590. The molecule has 118 valence electrons. The SMILES string of the molecule is Cc1cc(NCc2nnc(-c3ccccc3)s2)c2ccccc2n1. The fourth-order valence-corrected chi connectivity index (χ4v) is 3.43. The van der Waals surface area contributed by atoms with Crippen molar-refractivity contribution in [3.63, 3.8) is 0 Å². The van der Waals surface area contributed by atoms with E-state index in [2.05, 4.69) is 44.8 Å². The zero-order valence-corrected chi connectivity index (χ0v) is 14.0. The largest absolute Gasteiger partial charge is 0.378 e. The molecule has 0 fully saturated rings. The second-order valence-corrected chi connectivity index (χ2v) is 6.61. The summed E-state index contributed by atoms with van der Waals surface area (Å²) in [5.41, 5.74) is 4.18. The molecule has 0 aliphatic rings. The second kappa shape index (κ2) is 6.37.